The fraction of sp³-hybridized carbons (Fsp3) is 0.154. The maximum absolute atomic E-state index is 5.31. The third kappa shape index (κ3) is 1.97. The maximum atomic E-state index is 5.31. The van der Waals surface area contributed by atoms with Gasteiger partial charge in [0.1, 0.15) is 12.1 Å². The molecule has 1 aromatic carbocycles. The molecule has 96 valence electrons. The number of hydrogen-bond donors (Lipinski definition) is 0. The highest BCUT2D eigenvalue weighted by atomic mass is 16.5. The van der Waals surface area contributed by atoms with E-state index in [1.807, 2.05) is 18.2 Å². The third-order valence-electron chi connectivity index (χ3n) is 2.79. The van der Waals surface area contributed by atoms with E-state index in [1.165, 1.54) is 0 Å². The predicted octanol–water partition coefficient (Wildman–Crippen LogP) is 1.83. The first-order valence-corrected chi connectivity index (χ1v) is 5.70. The maximum Gasteiger partial charge on any atom is 0.238 e. The van der Waals surface area contributed by atoms with Crippen molar-refractivity contribution in [1.29, 1.82) is 0 Å². The molecule has 19 heavy (non-hydrogen) atoms. The Labute approximate surface area is 109 Å². The van der Waals surface area contributed by atoms with Gasteiger partial charge in [-0.1, -0.05) is 0 Å². The Kier molecular flexibility index (Phi) is 2.75. The Morgan fingerprint density at radius 2 is 2.00 bits per heavy atom. The number of hydrogen-bond acceptors (Lipinski definition) is 5. The molecule has 3 aromatic rings. The molecule has 0 bridgehead atoms. The fourth-order valence-corrected chi connectivity index (χ4v) is 1.84. The van der Waals surface area contributed by atoms with Crippen molar-refractivity contribution in [2.75, 3.05) is 14.2 Å². The summed E-state index contributed by atoms with van der Waals surface area (Å²) in [5.74, 6) is 1.77. The first kappa shape index (κ1) is 11.5. The summed E-state index contributed by atoms with van der Waals surface area (Å²) in [6, 6.07) is 5.58. The van der Waals surface area contributed by atoms with Gasteiger partial charge >= 0.3 is 0 Å². The minimum atomic E-state index is 0.509. The average molecular weight is 256 g/mol. The molecule has 0 unspecified atom stereocenters. The Hall–Kier alpha value is -2.63. The molecule has 2 aromatic heterocycles. The Balaban J connectivity index is 2.25. The van der Waals surface area contributed by atoms with Crippen molar-refractivity contribution in [3.05, 3.63) is 36.9 Å². The molecule has 2 heterocycles. The van der Waals surface area contributed by atoms with Gasteiger partial charge in [0.15, 0.2) is 0 Å². The Morgan fingerprint density at radius 3 is 2.68 bits per heavy atom. The minimum absolute atomic E-state index is 0.509. The number of rotatable bonds is 3. The van der Waals surface area contributed by atoms with Gasteiger partial charge in [0.25, 0.3) is 0 Å². The second kappa shape index (κ2) is 4.56. The summed E-state index contributed by atoms with van der Waals surface area (Å²) in [6.07, 6.45) is 5.09. The molecule has 0 aliphatic rings. The van der Waals surface area contributed by atoms with Gasteiger partial charge in [-0.3, -0.25) is 4.57 Å². The van der Waals surface area contributed by atoms with Crippen molar-refractivity contribution in [3.8, 4) is 17.6 Å². The Morgan fingerprint density at radius 1 is 1.11 bits per heavy atom. The monoisotopic (exact) mass is 256 g/mol. The second-order valence-corrected chi connectivity index (χ2v) is 3.89. The quantitative estimate of drug-likeness (QED) is 0.715. The van der Waals surface area contributed by atoms with E-state index >= 15 is 0 Å². The molecule has 6 heteroatoms. The van der Waals surface area contributed by atoms with Crippen LogP contribution in [-0.2, 0) is 0 Å². The van der Waals surface area contributed by atoms with Gasteiger partial charge in [0, 0.05) is 18.5 Å². The SMILES string of the molecule is COc1ccc2c(OC)nc(-n3ccnc3)nc2c1. The Bertz CT molecular complexity index is 710. The summed E-state index contributed by atoms with van der Waals surface area (Å²) in [5, 5.41) is 0.840. The fourth-order valence-electron chi connectivity index (χ4n) is 1.84. The van der Waals surface area contributed by atoms with E-state index in [9.17, 15) is 0 Å². The van der Waals surface area contributed by atoms with Crippen LogP contribution in [0.3, 0.4) is 0 Å². The predicted molar refractivity (Wildman–Crippen MR) is 69.8 cm³/mol. The topological polar surface area (TPSA) is 62.1 Å². The van der Waals surface area contributed by atoms with Gasteiger partial charge in [0.05, 0.1) is 25.1 Å². The van der Waals surface area contributed by atoms with E-state index in [-0.39, 0.29) is 0 Å². The van der Waals surface area contributed by atoms with Crippen LogP contribution in [0.5, 0.6) is 11.6 Å². The molecule has 0 fully saturated rings. The van der Waals surface area contributed by atoms with Gasteiger partial charge < -0.3 is 9.47 Å². The minimum Gasteiger partial charge on any atom is -0.497 e. The number of methoxy groups -OCH3 is 2. The largest absolute Gasteiger partial charge is 0.497 e. The highest BCUT2D eigenvalue weighted by Crippen LogP contribution is 2.26. The molecular weight excluding hydrogens is 244 g/mol. The van der Waals surface area contributed by atoms with E-state index in [0.717, 1.165) is 16.7 Å². The zero-order valence-electron chi connectivity index (χ0n) is 10.6. The average Bonchev–Trinajstić information content (AvgIpc) is 2.99. The number of benzene rings is 1. The van der Waals surface area contributed by atoms with Gasteiger partial charge in [-0.15, -0.1) is 0 Å². The van der Waals surface area contributed by atoms with Crippen LogP contribution in [0.1, 0.15) is 0 Å². The molecule has 0 aliphatic heterocycles. The first-order chi connectivity index (χ1) is 9.31. The van der Waals surface area contributed by atoms with Crippen LogP contribution >= 0.6 is 0 Å². The molecule has 0 radical (unpaired) electrons. The number of aromatic nitrogens is 4. The summed E-state index contributed by atoms with van der Waals surface area (Å²) in [5.41, 5.74) is 0.759. The molecule has 0 aliphatic carbocycles. The summed E-state index contributed by atoms with van der Waals surface area (Å²) < 4.78 is 12.2. The van der Waals surface area contributed by atoms with Crippen molar-refractivity contribution in [3.63, 3.8) is 0 Å². The molecule has 0 saturated carbocycles. The lowest BCUT2D eigenvalue weighted by atomic mass is 10.2. The van der Waals surface area contributed by atoms with E-state index in [4.69, 9.17) is 9.47 Å². The molecule has 0 N–H and O–H groups in total. The van der Waals surface area contributed by atoms with Crippen molar-refractivity contribution >= 4 is 10.9 Å². The van der Waals surface area contributed by atoms with Crippen molar-refractivity contribution in [2.24, 2.45) is 0 Å². The molecular formula is C13H12N4O2. The lowest BCUT2D eigenvalue weighted by Gasteiger charge is -2.08. The number of nitrogens with zero attached hydrogens (tertiary/aromatic N) is 4. The van der Waals surface area contributed by atoms with Gasteiger partial charge in [0.2, 0.25) is 11.8 Å². The third-order valence-corrected chi connectivity index (χ3v) is 2.79. The van der Waals surface area contributed by atoms with Crippen LogP contribution in [0.4, 0.5) is 0 Å². The van der Waals surface area contributed by atoms with Crippen molar-refractivity contribution in [2.45, 2.75) is 0 Å². The smallest absolute Gasteiger partial charge is 0.238 e. The summed E-state index contributed by atoms with van der Waals surface area (Å²) in [4.78, 5) is 12.8. The standard InChI is InChI=1S/C13H12N4O2/c1-18-9-3-4-10-11(7-9)15-13(16-12(10)19-2)17-6-5-14-8-17/h3-8H,1-2H3. The van der Waals surface area contributed by atoms with E-state index < -0.39 is 0 Å². The molecule has 0 saturated heterocycles. The van der Waals surface area contributed by atoms with Gasteiger partial charge in [-0.2, -0.15) is 4.98 Å². The molecule has 0 spiro atoms. The van der Waals surface area contributed by atoms with Gasteiger partial charge in [-0.25, -0.2) is 9.97 Å². The highest BCUT2D eigenvalue weighted by Gasteiger charge is 2.10. The molecule has 3 rings (SSSR count). The molecule has 6 nitrogen and oxygen atoms in total. The van der Waals surface area contributed by atoms with Crippen molar-refractivity contribution < 1.29 is 9.47 Å². The van der Waals surface area contributed by atoms with Crippen LogP contribution in [-0.4, -0.2) is 33.7 Å². The van der Waals surface area contributed by atoms with Gasteiger partial charge in [-0.05, 0) is 12.1 Å². The number of fused-ring (bicyclic) bond motifs is 1. The zero-order valence-corrected chi connectivity index (χ0v) is 10.6. The summed E-state index contributed by atoms with van der Waals surface area (Å²) in [7, 11) is 3.21. The van der Waals surface area contributed by atoms with E-state index in [0.29, 0.717) is 11.8 Å². The van der Waals surface area contributed by atoms with E-state index in [2.05, 4.69) is 15.0 Å². The zero-order chi connectivity index (χ0) is 13.2. The lowest BCUT2D eigenvalue weighted by molar-refractivity contribution is 0.401. The molecule has 0 atom stereocenters. The summed E-state index contributed by atoms with van der Waals surface area (Å²) >= 11 is 0. The number of ether oxygens (including phenoxy) is 2. The molecule has 0 amide bonds. The first-order valence-electron chi connectivity index (χ1n) is 5.70. The van der Waals surface area contributed by atoms with Crippen LogP contribution in [0.25, 0.3) is 16.9 Å². The van der Waals surface area contributed by atoms with Crippen LogP contribution in [0.2, 0.25) is 0 Å². The van der Waals surface area contributed by atoms with E-state index in [1.54, 1.807) is 37.5 Å². The van der Waals surface area contributed by atoms with Crippen LogP contribution in [0, 0.1) is 0 Å². The van der Waals surface area contributed by atoms with Crippen LogP contribution in [0.15, 0.2) is 36.9 Å². The lowest BCUT2D eigenvalue weighted by Crippen LogP contribution is -2.01. The second-order valence-electron chi connectivity index (χ2n) is 3.89. The highest BCUT2D eigenvalue weighted by molar-refractivity contribution is 5.85. The van der Waals surface area contributed by atoms with Crippen molar-refractivity contribution in [1.82, 2.24) is 19.5 Å². The normalized spacial score (nSPS) is 10.6. The van der Waals surface area contributed by atoms with Crippen LogP contribution < -0.4 is 9.47 Å². The summed E-state index contributed by atoms with van der Waals surface area (Å²) in [6.45, 7) is 0. The number of imidazole rings is 1.